The van der Waals surface area contributed by atoms with Crippen molar-refractivity contribution in [2.45, 2.75) is 12.8 Å². The lowest BCUT2D eigenvalue weighted by Gasteiger charge is -2.31. The van der Waals surface area contributed by atoms with Gasteiger partial charge in [0.2, 0.25) is 5.91 Å². The van der Waals surface area contributed by atoms with Crippen molar-refractivity contribution in [1.82, 2.24) is 20.3 Å². The van der Waals surface area contributed by atoms with Crippen LogP contribution in [0.1, 0.15) is 23.3 Å². The first-order chi connectivity index (χ1) is 14.0. The molecule has 2 amide bonds. The molecule has 1 aliphatic heterocycles. The van der Waals surface area contributed by atoms with Gasteiger partial charge in [0.25, 0.3) is 5.91 Å². The van der Waals surface area contributed by atoms with Crippen LogP contribution in [0.5, 0.6) is 5.75 Å². The Morgan fingerprint density at radius 3 is 2.93 bits per heavy atom. The number of nitrogens with zero attached hydrogens (tertiary/aromatic N) is 3. The monoisotopic (exact) mass is 400 g/mol. The van der Waals surface area contributed by atoms with E-state index < -0.39 is 0 Å². The minimum Gasteiger partial charge on any atom is -0.497 e. The minimum atomic E-state index is -0.214. The molecule has 1 fully saturated rings. The largest absolute Gasteiger partial charge is 0.497 e. The molecule has 0 saturated carbocycles. The van der Waals surface area contributed by atoms with Crippen molar-refractivity contribution in [1.29, 1.82) is 0 Å². The number of hydrogen-bond acceptors (Lipinski definition) is 6. The summed E-state index contributed by atoms with van der Waals surface area (Å²) in [5.41, 5.74) is 1.03. The van der Waals surface area contributed by atoms with Crippen LogP contribution in [-0.4, -0.2) is 74.2 Å². The molecule has 1 N–H and O–H groups in total. The molecule has 3 rings (SSSR count). The number of aromatic nitrogens is 1. The summed E-state index contributed by atoms with van der Waals surface area (Å²) in [6, 6.07) is 9.01. The fourth-order valence-electron chi connectivity index (χ4n) is 3.37. The number of piperidine rings is 1. The number of likely N-dealkylation sites (N-methyl/N-ethyl adjacent to an activating group) is 1. The fraction of sp³-hybridized carbons (Fsp3) is 0.476. The number of benzene rings is 1. The number of likely N-dealkylation sites (tertiary alicyclic amines) is 1. The molecule has 8 nitrogen and oxygen atoms in total. The molecule has 29 heavy (non-hydrogen) atoms. The Hall–Kier alpha value is -2.87. The zero-order valence-corrected chi connectivity index (χ0v) is 17.2. The second kappa shape index (κ2) is 9.56. The van der Waals surface area contributed by atoms with Gasteiger partial charge in [0.15, 0.2) is 11.5 Å². The van der Waals surface area contributed by atoms with Gasteiger partial charge in [0, 0.05) is 37.8 Å². The van der Waals surface area contributed by atoms with Gasteiger partial charge in [-0.2, -0.15) is 0 Å². The van der Waals surface area contributed by atoms with Gasteiger partial charge < -0.3 is 24.4 Å². The van der Waals surface area contributed by atoms with E-state index in [1.807, 2.05) is 43.3 Å². The lowest BCUT2D eigenvalue weighted by molar-refractivity contribution is -0.126. The molecule has 156 valence electrons. The van der Waals surface area contributed by atoms with Gasteiger partial charge >= 0.3 is 0 Å². The Morgan fingerprint density at radius 1 is 1.34 bits per heavy atom. The predicted octanol–water partition coefficient (Wildman–Crippen LogP) is 1.88. The zero-order valence-electron chi connectivity index (χ0n) is 17.2. The van der Waals surface area contributed by atoms with Crippen molar-refractivity contribution in [2.24, 2.45) is 5.92 Å². The Labute approximate surface area is 170 Å². The highest BCUT2D eigenvalue weighted by molar-refractivity contribution is 5.93. The molecule has 1 saturated heterocycles. The Balaban J connectivity index is 1.62. The fourth-order valence-corrected chi connectivity index (χ4v) is 3.37. The minimum absolute atomic E-state index is 0.00146. The second-order valence-corrected chi connectivity index (χ2v) is 7.49. The van der Waals surface area contributed by atoms with Crippen LogP contribution < -0.4 is 10.1 Å². The van der Waals surface area contributed by atoms with Gasteiger partial charge in [0.05, 0.1) is 13.0 Å². The van der Waals surface area contributed by atoms with Gasteiger partial charge in [-0.15, -0.1) is 0 Å². The van der Waals surface area contributed by atoms with Crippen LogP contribution in [0, 0.1) is 5.92 Å². The number of methoxy groups -OCH3 is 1. The van der Waals surface area contributed by atoms with Gasteiger partial charge in [-0.3, -0.25) is 9.59 Å². The Bertz CT molecular complexity index is 849. The second-order valence-electron chi connectivity index (χ2n) is 7.49. The molecular formula is C21H28N4O4. The van der Waals surface area contributed by atoms with E-state index in [4.69, 9.17) is 9.26 Å². The average molecular weight is 400 g/mol. The van der Waals surface area contributed by atoms with Crippen molar-refractivity contribution in [3.63, 3.8) is 0 Å². The highest BCUT2D eigenvalue weighted by Crippen LogP contribution is 2.25. The molecule has 1 aromatic heterocycles. The van der Waals surface area contributed by atoms with Crippen LogP contribution in [-0.2, 0) is 4.79 Å². The number of carbonyl (C=O) groups is 2. The summed E-state index contributed by atoms with van der Waals surface area (Å²) in [7, 11) is 5.52. The van der Waals surface area contributed by atoms with Gasteiger partial charge in [0.1, 0.15) is 5.75 Å². The first-order valence-corrected chi connectivity index (χ1v) is 9.81. The summed E-state index contributed by atoms with van der Waals surface area (Å²) in [5, 5.41) is 6.90. The standard InChI is InChI=1S/C21H28N4O4/c1-24(2)11-9-22-20(26)16-7-5-10-25(14-16)21(27)18-13-19(29-23-18)15-6-4-8-17(12-15)28-3/h4,6,8,12-13,16H,5,7,9-11,14H2,1-3H3,(H,22,26)/t16-/m1/s1. The molecule has 1 aliphatic rings. The third kappa shape index (κ3) is 5.35. The highest BCUT2D eigenvalue weighted by Gasteiger charge is 2.30. The molecule has 0 bridgehead atoms. The van der Waals surface area contributed by atoms with Crippen molar-refractivity contribution < 1.29 is 18.8 Å². The van der Waals surface area contributed by atoms with Crippen LogP contribution in [0.15, 0.2) is 34.9 Å². The number of carbonyl (C=O) groups excluding carboxylic acids is 2. The van der Waals surface area contributed by atoms with E-state index in [9.17, 15) is 9.59 Å². The lowest BCUT2D eigenvalue weighted by atomic mass is 9.97. The maximum atomic E-state index is 12.9. The third-order valence-corrected chi connectivity index (χ3v) is 5.02. The molecule has 0 aliphatic carbocycles. The van der Waals surface area contributed by atoms with Crippen LogP contribution in [0.25, 0.3) is 11.3 Å². The van der Waals surface area contributed by atoms with Gasteiger partial charge in [-0.05, 0) is 39.1 Å². The summed E-state index contributed by atoms with van der Waals surface area (Å²) in [4.78, 5) is 29.0. The number of nitrogens with one attached hydrogen (secondary N) is 1. The van der Waals surface area contributed by atoms with E-state index in [2.05, 4.69) is 10.5 Å². The molecule has 1 atom stereocenters. The van der Waals surface area contributed by atoms with Crippen LogP contribution in [0.3, 0.4) is 0 Å². The summed E-state index contributed by atoms with van der Waals surface area (Å²) in [5.74, 6) is 0.794. The van der Waals surface area contributed by atoms with Crippen molar-refractivity contribution in [2.75, 3.05) is 47.4 Å². The number of rotatable bonds is 7. The maximum Gasteiger partial charge on any atom is 0.276 e. The Morgan fingerprint density at radius 2 is 2.17 bits per heavy atom. The summed E-state index contributed by atoms with van der Waals surface area (Å²) < 4.78 is 10.6. The van der Waals surface area contributed by atoms with Crippen molar-refractivity contribution in [3.05, 3.63) is 36.0 Å². The molecule has 2 heterocycles. The SMILES string of the molecule is COc1cccc(-c2cc(C(=O)N3CCC[C@@H](C(=O)NCCN(C)C)C3)no2)c1. The summed E-state index contributed by atoms with van der Waals surface area (Å²) in [6.45, 7) is 2.40. The highest BCUT2D eigenvalue weighted by atomic mass is 16.5. The first-order valence-electron chi connectivity index (χ1n) is 9.81. The van der Waals surface area contributed by atoms with E-state index in [0.29, 0.717) is 31.1 Å². The van der Waals surface area contributed by atoms with E-state index in [0.717, 1.165) is 24.9 Å². The average Bonchev–Trinajstić information content (AvgIpc) is 3.23. The summed E-state index contributed by atoms with van der Waals surface area (Å²) >= 11 is 0. The normalized spacial score (nSPS) is 16.7. The topological polar surface area (TPSA) is 87.9 Å². The number of amides is 2. The molecule has 1 aromatic carbocycles. The first kappa shape index (κ1) is 20.9. The summed E-state index contributed by atoms with van der Waals surface area (Å²) in [6.07, 6.45) is 1.57. The molecule has 8 heteroatoms. The smallest absolute Gasteiger partial charge is 0.276 e. The lowest BCUT2D eigenvalue weighted by Crippen LogP contribution is -2.46. The molecule has 2 aromatic rings. The molecular weight excluding hydrogens is 372 g/mol. The van der Waals surface area contributed by atoms with E-state index in [1.54, 1.807) is 18.1 Å². The molecule has 0 spiro atoms. The maximum absolute atomic E-state index is 12.9. The number of ether oxygens (including phenoxy) is 1. The van der Waals surface area contributed by atoms with Gasteiger partial charge in [-0.1, -0.05) is 17.3 Å². The Kier molecular flexibility index (Phi) is 6.87. The predicted molar refractivity (Wildman–Crippen MR) is 109 cm³/mol. The van der Waals surface area contributed by atoms with Crippen molar-refractivity contribution >= 4 is 11.8 Å². The van der Waals surface area contributed by atoms with E-state index in [1.165, 1.54) is 0 Å². The van der Waals surface area contributed by atoms with Crippen LogP contribution >= 0.6 is 0 Å². The zero-order chi connectivity index (χ0) is 20.8. The van der Waals surface area contributed by atoms with E-state index in [-0.39, 0.29) is 23.4 Å². The molecule has 0 radical (unpaired) electrons. The van der Waals surface area contributed by atoms with Crippen LogP contribution in [0.4, 0.5) is 0 Å². The van der Waals surface area contributed by atoms with Crippen LogP contribution in [0.2, 0.25) is 0 Å². The van der Waals surface area contributed by atoms with Gasteiger partial charge in [-0.25, -0.2) is 0 Å². The number of hydrogen-bond donors (Lipinski definition) is 1. The van der Waals surface area contributed by atoms with E-state index >= 15 is 0 Å². The third-order valence-electron chi connectivity index (χ3n) is 5.02. The van der Waals surface area contributed by atoms with Crippen molar-refractivity contribution in [3.8, 4) is 17.1 Å². The molecule has 0 unspecified atom stereocenters. The quantitative estimate of drug-likeness (QED) is 0.764.